The van der Waals surface area contributed by atoms with Crippen molar-refractivity contribution in [3.05, 3.63) is 39.8 Å². The summed E-state index contributed by atoms with van der Waals surface area (Å²) in [5.74, 6) is 0.601. The summed E-state index contributed by atoms with van der Waals surface area (Å²) in [5.41, 5.74) is 2.75. The molecule has 1 unspecified atom stereocenters. The van der Waals surface area contributed by atoms with Crippen molar-refractivity contribution in [1.29, 1.82) is 0 Å². The Kier molecular flexibility index (Phi) is 5.59. The Hall–Kier alpha value is -1.07. The molecule has 1 aliphatic rings. The molecule has 0 spiro atoms. The summed E-state index contributed by atoms with van der Waals surface area (Å²) >= 11 is 4.99. The van der Waals surface area contributed by atoms with E-state index in [0.29, 0.717) is 5.92 Å². The van der Waals surface area contributed by atoms with Crippen molar-refractivity contribution in [3.63, 3.8) is 0 Å². The average molecular weight is 395 g/mol. The molecule has 3 nitrogen and oxygen atoms in total. The van der Waals surface area contributed by atoms with Gasteiger partial charge in [-0.3, -0.25) is 0 Å². The highest BCUT2D eigenvalue weighted by Crippen LogP contribution is 2.30. The maximum atomic E-state index is 6.00. The first kappa shape index (κ1) is 16.8. The molecule has 124 valence electrons. The van der Waals surface area contributed by atoms with Gasteiger partial charge >= 0.3 is 0 Å². The number of aryl methyl sites for hydroxylation is 1. The van der Waals surface area contributed by atoms with Crippen LogP contribution in [0.3, 0.4) is 0 Å². The maximum absolute atomic E-state index is 6.00. The van der Waals surface area contributed by atoms with E-state index in [9.17, 15) is 0 Å². The second-order valence-electron chi connectivity index (χ2n) is 6.10. The average Bonchev–Trinajstić information content (AvgIpc) is 3.00. The van der Waals surface area contributed by atoms with Crippen LogP contribution in [0.15, 0.2) is 34.2 Å². The van der Waals surface area contributed by atoms with E-state index in [-0.39, 0.29) is 6.10 Å². The number of ether oxygens (including phenoxy) is 1. The predicted octanol–water partition coefficient (Wildman–Crippen LogP) is 5.15. The molecule has 0 saturated carbocycles. The maximum Gasteiger partial charge on any atom is 0.274 e. The Morgan fingerprint density at radius 1 is 1.30 bits per heavy atom. The van der Waals surface area contributed by atoms with E-state index in [4.69, 9.17) is 4.74 Å². The van der Waals surface area contributed by atoms with Crippen molar-refractivity contribution in [1.82, 2.24) is 4.98 Å². The highest BCUT2D eigenvalue weighted by Gasteiger charge is 2.25. The standard InChI is InChI=1S/C18H23BrN2OS/c1-3-14-4-6-16(7-5-14)21-10-8-15(9-11-21)13(2)22-18-20-12-17(19)23-18/h4-7,12-13,15H,3,8-11H2,1-2H3. The van der Waals surface area contributed by atoms with E-state index in [2.05, 4.69) is 63.9 Å². The number of nitrogens with zero attached hydrogens (tertiary/aromatic N) is 2. The molecule has 23 heavy (non-hydrogen) atoms. The van der Waals surface area contributed by atoms with Gasteiger partial charge in [0.15, 0.2) is 0 Å². The fourth-order valence-corrected chi connectivity index (χ4v) is 4.21. The smallest absolute Gasteiger partial charge is 0.274 e. The minimum absolute atomic E-state index is 0.220. The van der Waals surface area contributed by atoms with Crippen LogP contribution < -0.4 is 9.64 Å². The highest BCUT2D eigenvalue weighted by atomic mass is 79.9. The van der Waals surface area contributed by atoms with Gasteiger partial charge in [0, 0.05) is 18.8 Å². The van der Waals surface area contributed by atoms with Gasteiger partial charge in [0.25, 0.3) is 5.19 Å². The van der Waals surface area contributed by atoms with Crippen LogP contribution in [0, 0.1) is 5.92 Å². The van der Waals surface area contributed by atoms with Gasteiger partial charge in [0.2, 0.25) is 0 Å². The number of aromatic nitrogens is 1. The molecule has 2 heterocycles. The quantitative estimate of drug-likeness (QED) is 0.700. The van der Waals surface area contributed by atoms with Crippen LogP contribution >= 0.6 is 27.3 Å². The van der Waals surface area contributed by atoms with E-state index in [0.717, 1.165) is 28.5 Å². The number of hydrogen-bond acceptors (Lipinski definition) is 4. The molecule has 0 radical (unpaired) electrons. The third kappa shape index (κ3) is 4.27. The van der Waals surface area contributed by atoms with Crippen LogP contribution in [0.2, 0.25) is 0 Å². The third-order valence-electron chi connectivity index (χ3n) is 4.66. The Morgan fingerprint density at radius 3 is 2.57 bits per heavy atom. The zero-order valence-corrected chi connectivity index (χ0v) is 16.1. The monoisotopic (exact) mass is 394 g/mol. The Morgan fingerprint density at radius 2 is 2.00 bits per heavy atom. The summed E-state index contributed by atoms with van der Waals surface area (Å²) in [6.07, 6.45) is 5.46. The van der Waals surface area contributed by atoms with E-state index < -0.39 is 0 Å². The number of piperidine rings is 1. The zero-order chi connectivity index (χ0) is 16.2. The molecule has 1 aromatic carbocycles. The van der Waals surface area contributed by atoms with Crippen molar-refractivity contribution < 1.29 is 4.74 Å². The highest BCUT2D eigenvalue weighted by molar-refractivity contribution is 9.11. The van der Waals surface area contributed by atoms with Crippen molar-refractivity contribution in [2.45, 2.75) is 39.2 Å². The molecule has 1 atom stereocenters. The second kappa shape index (κ2) is 7.67. The van der Waals surface area contributed by atoms with E-state index in [1.807, 2.05) is 0 Å². The number of rotatable bonds is 5. The first-order chi connectivity index (χ1) is 11.2. The lowest BCUT2D eigenvalue weighted by molar-refractivity contribution is 0.132. The van der Waals surface area contributed by atoms with Crippen molar-refractivity contribution in [2.75, 3.05) is 18.0 Å². The molecular weight excluding hydrogens is 372 g/mol. The molecule has 1 aromatic heterocycles. The molecule has 0 N–H and O–H groups in total. The molecule has 3 rings (SSSR count). The molecule has 0 bridgehead atoms. The summed E-state index contributed by atoms with van der Waals surface area (Å²) in [6, 6.07) is 9.00. The lowest BCUT2D eigenvalue weighted by Crippen LogP contribution is -2.38. The van der Waals surface area contributed by atoms with Gasteiger partial charge in [-0.25, -0.2) is 4.98 Å². The molecule has 0 aliphatic carbocycles. The van der Waals surface area contributed by atoms with Crippen LogP contribution in [-0.4, -0.2) is 24.2 Å². The van der Waals surface area contributed by atoms with Gasteiger partial charge in [-0.1, -0.05) is 30.4 Å². The summed E-state index contributed by atoms with van der Waals surface area (Å²) in [7, 11) is 0. The Balaban J connectivity index is 1.52. The molecule has 5 heteroatoms. The first-order valence-corrected chi connectivity index (χ1v) is 9.88. The van der Waals surface area contributed by atoms with Crippen molar-refractivity contribution in [3.8, 4) is 5.19 Å². The predicted molar refractivity (Wildman–Crippen MR) is 101 cm³/mol. The number of anilines is 1. The van der Waals surface area contributed by atoms with Crippen molar-refractivity contribution >= 4 is 33.0 Å². The van der Waals surface area contributed by atoms with Gasteiger partial charge < -0.3 is 9.64 Å². The third-order valence-corrected chi connectivity index (χ3v) is 6.02. The van der Waals surface area contributed by atoms with Crippen molar-refractivity contribution in [2.24, 2.45) is 5.92 Å². The van der Waals surface area contributed by atoms with E-state index >= 15 is 0 Å². The van der Waals surface area contributed by atoms with E-state index in [1.165, 1.54) is 24.1 Å². The Labute approximate surface area is 150 Å². The minimum Gasteiger partial charge on any atom is -0.467 e. The first-order valence-electron chi connectivity index (χ1n) is 8.27. The minimum atomic E-state index is 0.220. The molecule has 1 fully saturated rings. The van der Waals surface area contributed by atoms with Gasteiger partial charge in [0.1, 0.15) is 6.10 Å². The molecule has 0 amide bonds. The van der Waals surface area contributed by atoms with Crippen LogP contribution in [-0.2, 0) is 6.42 Å². The molecule has 2 aromatic rings. The zero-order valence-electron chi connectivity index (χ0n) is 13.7. The largest absolute Gasteiger partial charge is 0.467 e. The van der Waals surface area contributed by atoms with Gasteiger partial charge in [-0.2, -0.15) is 0 Å². The lowest BCUT2D eigenvalue weighted by Gasteiger charge is -2.35. The SMILES string of the molecule is CCc1ccc(N2CCC(C(C)Oc3ncc(Br)s3)CC2)cc1. The Bertz CT molecular complexity index is 620. The van der Waals surface area contributed by atoms with E-state index in [1.54, 1.807) is 17.5 Å². The van der Waals surface area contributed by atoms with Crippen LogP contribution in [0.1, 0.15) is 32.3 Å². The second-order valence-corrected chi connectivity index (χ2v) is 8.47. The number of halogens is 1. The number of benzene rings is 1. The fourth-order valence-electron chi connectivity index (χ4n) is 3.12. The van der Waals surface area contributed by atoms with Crippen LogP contribution in [0.5, 0.6) is 5.19 Å². The van der Waals surface area contributed by atoms with Gasteiger partial charge in [0.05, 0.1) is 9.98 Å². The summed E-state index contributed by atoms with van der Waals surface area (Å²) in [6.45, 7) is 6.57. The van der Waals surface area contributed by atoms with Crippen LogP contribution in [0.4, 0.5) is 5.69 Å². The molecule has 1 saturated heterocycles. The molecule has 1 aliphatic heterocycles. The number of hydrogen-bond donors (Lipinski definition) is 0. The normalized spacial score (nSPS) is 17.3. The van der Waals surface area contributed by atoms with Gasteiger partial charge in [-0.05, 0) is 65.7 Å². The summed E-state index contributed by atoms with van der Waals surface area (Å²) < 4.78 is 7.02. The fraction of sp³-hybridized carbons (Fsp3) is 0.500. The number of thiazole rings is 1. The van der Waals surface area contributed by atoms with Crippen LogP contribution in [0.25, 0.3) is 0 Å². The summed E-state index contributed by atoms with van der Waals surface area (Å²) in [4.78, 5) is 6.76. The lowest BCUT2D eigenvalue weighted by atomic mass is 9.91. The topological polar surface area (TPSA) is 25.4 Å². The summed E-state index contributed by atoms with van der Waals surface area (Å²) in [5, 5.41) is 0.766. The van der Waals surface area contributed by atoms with Gasteiger partial charge in [-0.15, -0.1) is 0 Å². The molecular formula is C18H23BrN2OS.